The molecule has 3 heterocycles. The van der Waals surface area contributed by atoms with Crippen LogP contribution in [0.4, 0.5) is 16.0 Å². The molecule has 1 unspecified atom stereocenters. The summed E-state index contributed by atoms with van der Waals surface area (Å²) in [6.45, 7) is 4.46. The summed E-state index contributed by atoms with van der Waals surface area (Å²) in [6.07, 6.45) is 1.54. The minimum atomic E-state index is -3.69. The van der Waals surface area contributed by atoms with E-state index in [-0.39, 0.29) is 10.8 Å². The van der Waals surface area contributed by atoms with Crippen LogP contribution < -0.4 is 5.32 Å². The van der Waals surface area contributed by atoms with Gasteiger partial charge in [-0.05, 0) is 51.0 Å². The average molecular weight is 431 g/mol. The second kappa shape index (κ2) is 8.11. The van der Waals surface area contributed by atoms with E-state index in [2.05, 4.69) is 25.5 Å². The van der Waals surface area contributed by atoms with Crippen LogP contribution in [-0.2, 0) is 10.0 Å². The third-order valence-electron chi connectivity index (χ3n) is 5.07. The van der Waals surface area contributed by atoms with Crippen LogP contribution in [0.15, 0.2) is 41.3 Å². The van der Waals surface area contributed by atoms with E-state index in [0.29, 0.717) is 30.5 Å². The first-order valence-electron chi connectivity index (χ1n) is 9.71. The standard InChI is InChI=1S/C20H23FN6O2S/c1-13-10-20(26-25-13)24-19-11-18(22-14(2)23-19)15-4-3-9-27(12-15)30(28,29)17-7-5-16(21)6-8-17/h5-8,10-11,15H,3-4,9,12H2,1-2H3,(H2,22,23,24,25,26). The van der Waals surface area contributed by atoms with Gasteiger partial charge in [0.1, 0.15) is 17.5 Å². The van der Waals surface area contributed by atoms with Gasteiger partial charge in [-0.2, -0.15) is 9.40 Å². The van der Waals surface area contributed by atoms with Crippen molar-refractivity contribution >= 4 is 21.7 Å². The number of benzene rings is 1. The number of aryl methyl sites for hydroxylation is 2. The van der Waals surface area contributed by atoms with Gasteiger partial charge in [-0.15, -0.1) is 0 Å². The Labute approximate surface area is 174 Å². The first-order chi connectivity index (χ1) is 14.3. The van der Waals surface area contributed by atoms with E-state index in [1.165, 1.54) is 16.4 Å². The number of rotatable bonds is 5. The predicted molar refractivity (Wildman–Crippen MR) is 111 cm³/mol. The highest BCUT2D eigenvalue weighted by molar-refractivity contribution is 7.89. The summed E-state index contributed by atoms with van der Waals surface area (Å²) < 4.78 is 40.7. The Morgan fingerprint density at radius 1 is 1.13 bits per heavy atom. The number of sulfonamides is 1. The van der Waals surface area contributed by atoms with Gasteiger partial charge in [0.15, 0.2) is 5.82 Å². The van der Waals surface area contributed by atoms with Gasteiger partial charge in [-0.25, -0.2) is 22.8 Å². The highest BCUT2D eigenvalue weighted by Gasteiger charge is 2.31. The Bertz CT molecular complexity index is 1150. The molecule has 0 saturated carbocycles. The largest absolute Gasteiger partial charge is 0.323 e. The minimum Gasteiger partial charge on any atom is -0.323 e. The number of hydrogen-bond acceptors (Lipinski definition) is 6. The van der Waals surface area contributed by atoms with Crippen LogP contribution in [0.5, 0.6) is 0 Å². The molecule has 2 aromatic heterocycles. The zero-order chi connectivity index (χ0) is 21.3. The van der Waals surface area contributed by atoms with Crippen molar-refractivity contribution in [1.82, 2.24) is 24.5 Å². The Kier molecular flexibility index (Phi) is 5.52. The number of H-pyrrole nitrogens is 1. The lowest BCUT2D eigenvalue weighted by molar-refractivity contribution is 0.312. The van der Waals surface area contributed by atoms with Crippen LogP contribution in [0.25, 0.3) is 0 Å². The molecule has 1 fully saturated rings. The molecule has 30 heavy (non-hydrogen) atoms. The lowest BCUT2D eigenvalue weighted by Gasteiger charge is -2.31. The second-order valence-corrected chi connectivity index (χ2v) is 9.38. The van der Waals surface area contributed by atoms with Crippen LogP contribution in [-0.4, -0.2) is 46.0 Å². The van der Waals surface area contributed by atoms with Crippen molar-refractivity contribution in [2.45, 2.75) is 37.5 Å². The van der Waals surface area contributed by atoms with E-state index in [4.69, 9.17) is 0 Å². The van der Waals surface area contributed by atoms with Crippen molar-refractivity contribution in [2.24, 2.45) is 0 Å². The van der Waals surface area contributed by atoms with E-state index in [0.717, 1.165) is 36.4 Å². The van der Waals surface area contributed by atoms with Gasteiger partial charge in [0.2, 0.25) is 10.0 Å². The predicted octanol–water partition coefficient (Wildman–Crippen LogP) is 3.27. The summed E-state index contributed by atoms with van der Waals surface area (Å²) in [5.41, 5.74) is 1.72. The third kappa shape index (κ3) is 4.34. The molecule has 0 amide bonds. The Morgan fingerprint density at radius 2 is 1.90 bits per heavy atom. The number of hydrogen-bond donors (Lipinski definition) is 2. The summed E-state index contributed by atoms with van der Waals surface area (Å²) >= 11 is 0. The quantitative estimate of drug-likeness (QED) is 0.644. The molecule has 10 heteroatoms. The number of nitrogens with one attached hydrogen (secondary N) is 2. The monoisotopic (exact) mass is 430 g/mol. The number of aromatic nitrogens is 4. The van der Waals surface area contributed by atoms with Crippen molar-refractivity contribution in [1.29, 1.82) is 0 Å². The summed E-state index contributed by atoms with van der Waals surface area (Å²) in [6, 6.07) is 8.64. The van der Waals surface area contributed by atoms with E-state index in [9.17, 15) is 12.8 Å². The van der Waals surface area contributed by atoms with Crippen LogP contribution >= 0.6 is 0 Å². The molecule has 8 nitrogen and oxygen atoms in total. The number of halogens is 1. The van der Waals surface area contributed by atoms with E-state index in [1.807, 2.05) is 19.1 Å². The molecular weight excluding hydrogens is 407 g/mol. The van der Waals surface area contributed by atoms with Gasteiger partial charge in [0.25, 0.3) is 0 Å². The molecule has 0 aliphatic carbocycles. The minimum absolute atomic E-state index is 0.0582. The molecule has 0 bridgehead atoms. The van der Waals surface area contributed by atoms with Gasteiger partial charge in [-0.1, -0.05) is 0 Å². The zero-order valence-corrected chi connectivity index (χ0v) is 17.6. The topological polar surface area (TPSA) is 104 Å². The van der Waals surface area contributed by atoms with Gasteiger partial charge >= 0.3 is 0 Å². The Morgan fingerprint density at radius 3 is 2.60 bits per heavy atom. The van der Waals surface area contributed by atoms with Crippen LogP contribution in [0.2, 0.25) is 0 Å². The molecule has 4 rings (SSSR count). The van der Waals surface area contributed by atoms with Crippen molar-refractivity contribution in [3.05, 3.63) is 59.4 Å². The molecule has 1 aliphatic heterocycles. The molecule has 1 aromatic carbocycles. The fraction of sp³-hybridized carbons (Fsp3) is 0.350. The number of nitrogens with zero attached hydrogens (tertiary/aromatic N) is 4. The number of anilines is 2. The first kappa shape index (κ1) is 20.4. The zero-order valence-electron chi connectivity index (χ0n) is 16.8. The molecule has 0 spiro atoms. The number of aromatic amines is 1. The normalized spacial score (nSPS) is 17.8. The summed E-state index contributed by atoms with van der Waals surface area (Å²) in [5.74, 6) is 1.34. The second-order valence-electron chi connectivity index (χ2n) is 7.44. The highest BCUT2D eigenvalue weighted by Crippen LogP contribution is 2.30. The van der Waals surface area contributed by atoms with Crippen molar-refractivity contribution in [3.63, 3.8) is 0 Å². The van der Waals surface area contributed by atoms with Gasteiger partial charge < -0.3 is 5.32 Å². The molecule has 0 radical (unpaired) electrons. The van der Waals surface area contributed by atoms with E-state index >= 15 is 0 Å². The van der Waals surface area contributed by atoms with E-state index < -0.39 is 15.8 Å². The Hall–Kier alpha value is -2.85. The molecular formula is C20H23FN6O2S. The maximum Gasteiger partial charge on any atom is 0.243 e. The van der Waals surface area contributed by atoms with Crippen molar-refractivity contribution in [3.8, 4) is 0 Å². The summed E-state index contributed by atoms with van der Waals surface area (Å²) in [5, 5.41) is 10.2. The third-order valence-corrected chi connectivity index (χ3v) is 6.95. The molecule has 1 saturated heterocycles. The van der Waals surface area contributed by atoms with Crippen molar-refractivity contribution < 1.29 is 12.8 Å². The summed E-state index contributed by atoms with van der Waals surface area (Å²) in [7, 11) is -3.69. The number of piperidine rings is 1. The molecule has 1 aliphatic rings. The maximum absolute atomic E-state index is 13.2. The van der Waals surface area contributed by atoms with Gasteiger partial charge in [0, 0.05) is 36.8 Å². The van der Waals surface area contributed by atoms with Gasteiger partial charge in [0.05, 0.1) is 10.6 Å². The lowest BCUT2D eigenvalue weighted by atomic mass is 9.96. The fourth-order valence-corrected chi connectivity index (χ4v) is 5.16. The average Bonchev–Trinajstić information content (AvgIpc) is 3.12. The summed E-state index contributed by atoms with van der Waals surface area (Å²) in [4.78, 5) is 9.07. The highest BCUT2D eigenvalue weighted by atomic mass is 32.2. The smallest absolute Gasteiger partial charge is 0.243 e. The van der Waals surface area contributed by atoms with Crippen LogP contribution in [0.3, 0.4) is 0 Å². The van der Waals surface area contributed by atoms with Crippen LogP contribution in [0, 0.1) is 19.7 Å². The van der Waals surface area contributed by atoms with E-state index in [1.54, 1.807) is 6.92 Å². The molecule has 3 aromatic rings. The molecule has 2 N–H and O–H groups in total. The molecule has 1 atom stereocenters. The molecule has 158 valence electrons. The first-order valence-corrected chi connectivity index (χ1v) is 11.2. The SMILES string of the molecule is Cc1nc(Nc2cc(C)[nH]n2)cc(C2CCCN(S(=O)(=O)c3ccc(F)cc3)C2)n1. The maximum atomic E-state index is 13.2. The Balaban J connectivity index is 1.56. The lowest BCUT2D eigenvalue weighted by Crippen LogP contribution is -2.39. The van der Waals surface area contributed by atoms with Gasteiger partial charge in [-0.3, -0.25) is 5.10 Å². The fourth-order valence-electron chi connectivity index (χ4n) is 3.64. The van der Waals surface area contributed by atoms with Crippen molar-refractivity contribution in [2.75, 3.05) is 18.4 Å². The van der Waals surface area contributed by atoms with Crippen LogP contribution in [0.1, 0.15) is 36.0 Å².